The molecule has 3 aromatic rings. The Labute approximate surface area is 141 Å². The van der Waals surface area contributed by atoms with Crippen molar-refractivity contribution in [3.8, 4) is 0 Å². The van der Waals surface area contributed by atoms with Crippen molar-refractivity contribution in [1.82, 2.24) is 5.32 Å². The minimum atomic E-state index is -0.757. The van der Waals surface area contributed by atoms with Crippen LogP contribution in [0, 0.1) is 0 Å². The monoisotopic (exact) mass is 311 g/mol. The van der Waals surface area contributed by atoms with Crippen LogP contribution in [-0.2, 0) is 10.2 Å². The van der Waals surface area contributed by atoms with Crippen LogP contribution in [0.1, 0.15) is 39.3 Å². The molecule has 0 heterocycles. The van der Waals surface area contributed by atoms with E-state index in [1.54, 1.807) is 7.05 Å². The zero-order chi connectivity index (χ0) is 16.3. The van der Waals surface area contributed by atoms with Crippen LogP contribution in [0.2, 0.25) is 0 Å². The number of amides is 1. The summed E-state index contributed by atoms with van der Waals surface area (Å²) in [5.74, 6) is 0.244. The van der Waals surface area contributed by atoms with E-state index in [2.05, 4.69) is 59.9 Å². The number of benzene rings is 3. The normalized spacial score (nSPS) is 22.3. The van der Waals surface area contributed by atoms with Gasteiger partial charge in [0.25, 0.3) is 0 Å². The first-order valence-electron chi connectivity index (χ1n) is 8.30. The van der Waals surface area contributed by atoms with Gasteiger partial charge in [-0.15, -0.1) is 0 Å². The van der Waals surface area contributed by atoms with Gasteiger partial charge < -0.3 is 5.32 Å². The fourth-order valence-electron chi connectivity index (χ4n) is 4.76. The Bertz CT molecular complexity index is 873. The number of likely N-dealkylation sites (N-methyl/N-ethyl adjacent to an activating group) is 1. The zero-order valence-corrected chi connectivity index (χ0v) is 13.4. The lowest BCUT2D eigenvalue weighted by atomic mass is 9.52. The summed E-state index contributed by atoms with van der Waals surface area (Å²) in [6.07, 6.45) is 0. The third-order valence-electron chi connectivity index (χ3n) is 5.60. The summed E-state index contributed by atoms with van der Waals surface area (Å²) in [4.78, 5) is 13.3. The molecule has 3 aliphatic carbocycles. The van der Waals surface area contributed by atoms with Crippen LogP contribution >= 0.6 is 0 Å². The van der Waals surface area contributed by atoms with Gasteiger partial charge in [0.05, 0.1) is 0 Å². The maximum Gasteiger partial charge on any atom is 0.239 e. The van der Waals surface area contributed by atoms with E-state index in [9.17, 15) is 4.79 Å². The van der Waals surface area contributed by atoms with E-state index >= 15 is 0 Å². The van der Waals surface area contributed by atoms with Crippen molar-refractivity contribution < 1.29 is 4.79 Å². The molecule has 24 heavy (non-hydrogen) atoms. The molecule has 0 unspecified atom stereocenters. The minimum absolute atomic E-state index is 0.0352. The molecule has 0 aromatic heterocycles. The molecule has 0 aliphatic heterocycles. The van der Waals surface area contributed by atoms with E-state index < -0.39 is 5.41 Å². The second-order valence-corrected chi connectivity index (χ2v) is 6.52. The number of hydrogen-bond acceptors (Lipinski definition) is 1. The summed E-state index contributed by atoms with van der Waals surface area (Å²) in [6.45, 7) is 0. The highest BCUT2D eigenvalue weighted by Gasteiger charge is 2.55. The second-order valence-electron chi connectivity index (χ2n) is 6.52. The van der Waals surface area contributed by atoms with Gasteiger partial charge in [-0.3, -0.25) is 4.79 Å². The van der Waals surface area contributed by atoms with Gasteiger partial charge in [-0.2, -0.15) is 0 Å². The van der Waals surface area contributed by atoms with Crippen molar-refractivity contribution in [1.29, 1.82) is 0 Å². The first-order valence-corrected chi connectivity index (χ1v) is 8.30. The van der Waals surface area contributed by atoms with Crippen molar-refractivity contribution in [3.63, 3.8) is 0 Å². The smallest absolute Gasteiger partial charge is 0.239 e. The van der Waals surface area contributed by atoms with E-state index in [0.717, 1.165) is 16.7 Å². The molecule has 1 amide bonds. The molecule has 0 saturated heterocycles. The van der Waals surface area contributed by atoms with Crippen LogP contribution < -0.4 is 5.32 Å². The molecule has 2 bridgehead atoms. The molecule has 2 nitrogen and oxygen atoms in total. The van der Waals surface area contributed by atoms with Crippen LogP contribution in [0.15, 0.2) is 72.8 Å². The van der Waals surface area contributed by atoms with Crippen molar-refractivity contribution in [2.75, 3.05) is 7.05 Å². The van der Waals surface area contributed by atoms with E-state index in [-0.39, 0.29) is 11.8 Å². The molecular weight excluding hydrogens is 294 g/mol. The molecule has 0 fully saturated rings. The average molecular weight is 311 g/mol. The van der Waals surface area contributed by atoms with Crippen LogP contribution in [0.4, 0.5) is 0 Å². The second kappa shape index (κ2) is 4.57. The van der Waals surface area contributed by atoms with E-state index in [0.29, 0.717) is 0 Å². The molecule has 0 radical (unpaired) electrons. The van der Waals surface area contributed by atoms with Gasteiger partial charge in [0.2, 0.25) is 5.91 Å². The molecule has 2 heteroatoms. The van der Waals surface area contributed by atoms with Crippen molar-refractivity contribution >= 4 is 5.91 Å². The largest absolute Gasteiger partial charge is 0.358 e. The van der Waals surface area contributed by atoms with Crippen LogP contribution in [0.3, 0.4) is 0 Å². The zero-order valence-electron chi connectivity index (χ0n) is 13.4. The van der Waals surface area contributed by atoms with Crippen LogP contribution in [-0.4, -0.2) is 13.0 Å². The summed E-state index contributed by atoms with van der Waals surface area (Å²) in [5, 5.41) is 2.93. The average Bonchev–Trinajstić information content (AvgIpc) is 2.67. The van der Waals surface area contributed by atoms with Gasteiger partial charge in [-0.05, 0) is 33.4 Å². The summed E-state index contributed by atoms with van der Waals surface area (Å²) >= 11 is 0. The lowest BCUT2D eigenvalue weighted by Gasteiger charge is -2.49. The standard InChI is InChI=1S/C22H17NO/c1-23-21(24)22-17-11-5-2-8-14(17)20(15-9-3-6-12-18(15)22)16-10-4-7-13-19(16)22/h2-13,20H,1H3,(H,23,24). The van der Waals surface area contributed by atoms with Gasteiger partial charge in [0.1, 0.15) is 5.41 Å². The molecule has 0 atom stereocenters. The molecule has 116 valence electrons. The lowest BCUT2D eigenvalue weighted by molar-refractivity contribution is -0.123. The SMILES string of the molecule is CNC(=O)C12c3ccccc3C(c3ccccc31)c1ccccc12. The Morgan fingerprint density at radius 1 is 0.750 bits per heavy atom. The highest BCUT2D eigenvalue weighted by Crippen LogP contribution is 2.58. The fourth-order valence-corrected chi connectivity index (χ4v) is 4.76. The number of carbonyl (C=O) groups is 1. The van der Waals surface area contributed by atoms with E-state index in [4.69, 9.17) is 0 Å². The van der Waals surface area contributed by atoms with Crippen molar-refractivity contribution in [2.45, 2.75) is 11.3 Å². The van der Waals surface area contributed by atoms with Crippen LogP contribution in [0.5, 0.6) is 0 Å². The first-order chi connectivity index (χ1) is 11.8. The molecule has 3 aromatic carbocycles. The highest BCUT2D eigenvalue weighted by molar-refractivity contribution is 6.00. The Kier molecular flexibility index (Phi) is 2.58. The van der Waals surface area contributed by atoms with Crippen LogP contribution in [0.25, 0.3) is 0 Å². The summed E-state index contributed by atoms with van der Waals surface area (Å²) in [6, 6.07) is 25.2. The van der Waals surface area contributed by atoms with E-state index in [1.165, 1.54) is 16.7 Å². The fraction of sp³-hybridized carbons (Fsp3) is 0.136. The Hall–Kier alpha value is -2.87. The molecule has 0 saturated carbocycles. The predicted octanol–water partition coefficient (Wildman–Crippen LogP) is 3.57. The molecule has 1 N–H and O–H groups in total. The summed E-state index contributed by atoms with van der Waals surface area (Å²) < 4.78 is 0. The quantitative estimate of drug-likeness (QED) is 0.731. The number of hydrogen-bond donors (Lipinski definition) is 1. The maximum atomic E-state index is 13.3. The predicted molar refractivity (Wildman–Crippen MR) is 94.2 cm³/mol. The first kappa shape index (κ1) is 13.6. The third-order valence-corrected chi connectivity index (χ3v) is 5.60. The van der Waals surface area contributed by atoms with Gasteiger partial charge in [-0.1, -0.05) is 72.8 Å². The van der Waals surface area contributed by atoms with E-state index in [1.807, 2.05) is 18.2 Å². The molecule has 0 spiro atoms. The summed E-state index contributed by atoms with van der Waals surface area (Å²) in [7, 11) is 1.73. The topological polar surface area (TPSA) is 29.1 Å². The Morgan fingerprint density at radius 3 is 1.50 bits per heavy atom. The van der Waals surface area contributed by atoms with Crippen molar-refractivity contribution in [2.24, 2.45) is 0 Å². The Balaban J connectivity index is 2.02. The molecule has 3 aliphatic rings. The number of rotatable bonds is 1. The third kappa shape index (κ3) is 1.35. The van der Waals surface area contributed by atoms with Gasteiger partial charge in [0, 0.05) is 13.0 Å². The summed E-state index contributed by atoms with van der Waals surface area (Å²) in [5.41, 5.74) is 6.34. The minimum Gasteiger partial charge on any atom is -0.358 e. The van der Waals surface area contributed by atoms with Gasteiger partial charge in [0.15, 0.2) is 0 Å². The van der Waals surface area contributed by atoms with Gasteiger partial charge in [-0.25, -0.2) is 0 Å². The maximum absolute atomic E-state index is 13.3. The Morgan fingerprint density at radius 2 is 1.12 bits per heavy atom. The molecular formula is C22H17NO. The van der Waals surface area contributed by atoms with Crippen molar-refractivity contribution in [3.05, 3.63) is 106 Å². The number of carbonyl (C=O) groups excluding carboxylic acids is 1. The lowest BCUT2D eigenvalue weighted by Crippen LogP contribution is -2.51. The molecule has 6 rings (SSSR count). The number of nitrogens with one attached hydrogen (secondary N) is 1. The highest BCUT2D eigenvalue weighted by atomic mass is 16.2. The van der Waals surface area contributed by atoms with Gasteiger partial charge >= 0.3 is 0 Å².